The lowest BCUT2D eigenvalue weighted by Gasteiger charge is -2.34. The van der Waals surface area contributed by atoms with Crippen molar-refractivity contribution in [2.75, 3.05) is 0 Å². The molecule has 2 rings (SSSR count). The number of halogens is 5. The Kier molecular flexibility index (Phi) is 5.72. The van der Waals surface area contributed by atoms with Gasteiger partial charge in [0.1, 0.15) is 0 Å². The van der Waals surface area contributed by atoms with Crippen molar-refractivity contribution in [3.05, 3.63) is 34.3 Å². The highest BCUT2D eigenvalue weighted by molar-refractivity contribution is 6.31. The molecule has 1 fully saturated rings. The van der Waals surface area contributed by atoms with Crippen LogP contribution in [0.25, 0.3) is 0 Å². The third-order valence-corrected chi connectivity index (χ3v) is 4.01. The summed E-state index contributed by atoms with van der Waals surface area (Å²) in [4.78, 5) is 0. The van der Waals surface area contributed by atoms with Crippen molar-refractivity contribution in [2.45, 2.75) is 37.6 Å². The molecule has 1 saturated carbocycles. The van der Waals surface area contributed by atoms with Crippen molar-refractivity contribution in [3.63, 3.8) is 0 Å². The van der Waals surface area contributed by atoms with Crippen molar-refractivity contribution in [3.8, 4) is 0 Å². The molecule has 0 spiro atoms. The summed E-state index contributed by atoms with van der Waals surface area (Å²) in [6.45, 7) is 0. The highest BCUT2D eigenvalue weighted by Crippen LogP contribution is 2.38. The zero-order valence-corrected chi connectivity index (χ0v) is 12.1. The van der Waals surface area contributed by atoms with Crippen LogP contribution in [-0.2, 0) is 6.18 Å². The summed E-state index contributed by atoms with van der Waals surface area (Å²) in [6, 6.07) is 2.72. The standard InChI is InChI=1S/C13H15ClF3NO.ClH/c14-10-5-4-8(6-9(10)13(15,16)17)11(18)12(19)7-2-1-3-7;/h4-7,11-12,19H,1-3,18H2;1H/t11-,12+;/m1./s1. The van der Waals surface area contributed by atoms with E-state index in [1.54, 1.807) is 0 Å². The first-order valence-electron chi connectivity index (χ1n) is 6.11. The van der Waals surface area contributed by atoms with Crippen LogP contribution in [0.5, 0.6) is 0 Å². The summed E-state index contributed by atoms with van der Waals surface area (Å²) in [7, 11) is 0. The molecule has 0 amide bonds. The van der Waals surface area contributed by atoms with E-state index in [1.165, 1.54) is 12.1 Å². The molecule has 0 unspecified atom stereocenters. The van der Waals surface area contributed by atoms with Gasteiger partial charge in [-0.25, -0.2) is 0 Å². The Hall–Kier alpha value is -0.490. The normalized spacial score (nSPS) is 18.9. The predicted octanol–water partition coefficient (Wildman–Crippen LogP) is 3.94. The van der Waals surface area contributed by atoms with E-state index in [0.717, 1.165) is 25.3 Å². The summed E-state index contributed by atoms with van der Waals surface area (Å²) in [5.74, 6) is 0.0833. The molecule has 0 saturated heterocycles. The fourth-order valence-electron chi connectivity index (χ4n) is 2.24. The monoisotopic (exact) mass is 329 g/mol. The molecule has 0 aromatic heterocycles. The second-order valence-corrected chi connectivity index (χ2v) is 5.35. The van der Waals surface area contributed by atoms with Crippen LogP contribution >= 0.6 is 24.0 Å². The fraction of sp³-hybridized carbons (Fsp3) is 0.538. The van der Waals surface area contributed by atoms with E-state index in [-0.39, 0.29) is 28.9 Å². The van der Waals surface area contributed by atoms with Crippen molar-refractivity contribution in [2.24, 2.45) is 11.7 Å². The minimum absolute atomic E-state index is 0. The predicted molar refractivity (Wildman–Crippen MR) is 74.0 cm³/mol. The molecule has 0 radical (unpaired) electrons. The topological polar surface area (TPSA) is 46.2 Å². The van der Waals surface area contributed by atoms with Gasteiger partial charge in [-0.15, -0.1) is 12.4 Å². The Balaban J connectivity index is 0.00000200. The van der Waals surface area contributed by atoms with Crippen LogP contribution < -0.4 is 5.73 Å². The Morgan fingerprint density at radius 2 is 1.90 bits per heavy atom. The Morgan fingerprint density at radius 1 is 1.30 bits per heavy atom. The molecule has 1 aliphatic carbocycles. The zero-order valence-electron chi connectivity index (χ0n) is 10.5. The first-order valence-corrected chi connectivity index (χ1v) is 6.49. The maximum absolute atomic E-state index is 12.7. The van der Waals surface area contributed by atoms with Crippen LogP contribution in [-0.4, -0.2) is 11.2 Å². The smallest absolute Gasteiger partial charge is 0.391 e. The van der Waals surface area contributed by atoms with Gasteiger partial charge in [-0.2, -0.15) is 13.2 Å². The van der Waals surface area contributed by atoms with Crippen molar-refractivity contribution in [1.82, 2.24) is 0 Å². The van der Waals surface area contributed by atoms with Crippen LogP contribution in [0.2, 0.25) is 5.02 Å². The summed E-state index contributed by atoms with van der Waals surface area (Å²) in [5.41, 5.74) is 5.20. The number of nitrogens with two attached hydrogens (primary N) is 1. The summed E-state index contributed by atoms with van der Waals surface area (Å²) in [6.07, 6.45) is -2.56. The molecule has 0 heterocycles. The average Bonchev–Trinajstić information content (AvgIpc) is 2.24. The number of hydrogen-bond acceptors (Lipinski definition) is 2. The van der Waals surface area contributed by atoms with Crippen LogP contribution in [0.15, 0.2) is 18.2 Å². The van der Waals surface area contributed by atoms with Crippen LogP contribution in [0.1, 0.15) is 36.4 Å². The van der Waals surface area contributed by atoms with Gasteiger partial charge in [0, 0.05) is 0 Å². The first-order chi connectivity index (χ1) is 8.80. The van der Waals surface area contributed by atoms with E-state index >= 15 is 0 Å². The lowest BCUT2D eigenvalue weighted by atomic mass is 9.77. The van der Waals surface area contributed by atoms with E-state index in [0.29, 0.717) is 0 Å². The molecule has 114 valence electrons. The molecule has 2 atom stereocenters. The number of benzene rings is 1. The zero-order chi connectivity index (χ0) is 14.2. The molecule has 1 aromatic rings. The molecule has 0 bridgehead atoms. The maximum Gasteiger partial charge on any atom is 0.417 e. The molecule has 1 aliphatic rings. The second kappa shape index (κ2) is 6.52. The van der Waals surface area contributed by atoms with Gasteiger partial charge in [0.2, 0.25) is 0 Å². The quantitative estimate of drug-likeness (QED) is 0.882. The minimum atomic E-state index is -4.52. The van der Waals surface area contributed by atoms with Gasteiger partial charge in [-0.3, -0.25) is 0 Å². The fourth-order valence-corrected chi connectivity index (χ4v) is 2.46. The summed E-state index contributed by atoms with van der Waals surface area (Å²) >= 11 is 5.54. The molecular formula is C13H16Cl2F3NO. The van der Waals surface area contributed by atoms with E-state index < -0.39 is 23.9 Å². The van der Waals surface area contributed by atoms with Gasteiger partial charge in [0.05, 0.1) is 22.7 Å². The van der Waals surface area contributed by atoms with Gasteiger partial charge in [-0.1, -0.05) is 24.1 Å². The largest absolute Gasteiger partial charge is 0.417 e. The molecule has 20 heavy (non-hydrogen) atoms. The molecule has 3 N–H and O–H groups in total. The SMILES string of the molecule is Cl.N[C@H](c1ccc(Cl)c(C(F)(F)F)c1)[C@@H](O)C1CCC1. The average molecular weight is 330 g/mol. The molecule has 1 aromatic carbocycles. The number of aliphatic hydroxyl groups excluding tert-OH is 1. The number of rotatable bonds is 3. The highest BCUT2D eigenvalue weighted by Gasteiger charge is 2.35. The van der Waals surface area contributed by atoms with E-state index in [1.807, 2.05) is 0 Å². The maximum atomic E-state index is 12.7. The second-order valence-electron chi connectivity index (χ2n) is 4.94. The lowest BCUT2D eigenvalue weighted by molar-refractivity contribution is -0.137. The molecule has 0 aliphatic heterocycles. The van der Waals surface area contributed by atoms with Crippen molar-refractivity contribution >= 4 is 24.0 Å². The minimum Gasteiger partial charge on any atom is -0.391 e. The van der Waals surface area contributed by atoms with Gasteiger partial charge < -0.3 is 10.8 Å². The van der Waals surface area contributed by atoms with E-state index in [9.17, 15) is 18.3 Å². The Bertz CT molecular complexity index is 463. The van der Waals surface area contributed by atoms with Gasteiger partial charge in [-0.05, 0) is 36.5 Å². The van der Waals surface area contributed by atoms with Gasteiger partial charge in [0.15, 0.2) is 0 Å². The summed E-state index contributed by atoms with van der Waals surface area (Å²) in [5, 5.41) is 9.66. The first kappa shape index (κ1) is 17.6. The number of hydrogen-bond donors (Lipinski definition) is 2. The molecule has 2 nitrogen and oxygen atoms in total. The third kappa shape index (κ3) is 3.58. The Labute approximate surface area is 126 Å². The van der Waals surface area contributed by atoms with Crippen LogP contribution in [0.4, 0.5) is 13.2 Å². The number of aliphatic hydroxyl groups is 1. The van der Waals surface area contributed by atoms with Gasteiger partial charge in [0.25, 0.3) is 0 Å². The number of alkyl halides is 3. The Morgan fingerprint density at radius 3 is 2.35 bits per heavy atom. The van der Waals surface area contributed by atoms with E-state index in [2.05, 4.69) is 0 Å². The molecule has 7 heteroatoms. The summed E-state index contributed by atoms with van der Waals surface area (Å²) < 4.78 is 38.2. The highest BCUT2D eigenvalue weighted by atomic mass is 35.5. The van der Waals surface area contributed by atoms with Crippen LogP contribution in [0, 0.1) is 5.92 Å². The third-order valence-electron chi connectivity index (χ3n) is 3.68. The van der Waals surface area contributed by atoms with Crippen molar-refractivity contribution < 1.29 is 18.3 Å². The lowest BCUT2D eigenvalue weighted by Crippen LogP contribution is -2.36. The van der Waals surface area contributed by atoms with Crippen LogP contribution in [0.3, 0.4) is 0 Å². The molecular weight excluding hydrogens is 314 g/mol. The van der Waals surface area contributed by atoms with Crippen molar-refractivity contribution in [1.29, 1.82) is 0 Å². The van der Waals surface area contributed by atoms with E-state index in [4.69, 9.17) is 17.3 Å². The van der Waals surface area contributed by atoms with Gasteiger partial charge >= 0.3 is 6.18 Å².